The first kappa shape index (κ1) is 9.81. The Bertz CT molecular complexity index is 451. The molecule has 1 aromatic carbocycles. The second-order valence-corrected chi connectivity index (χ2v) is 3.14. The van der Waals surface area contributed by atoms with E-state index in [-0.39, 0.29) is 5.17 Å². The summed E-state index contributed by atoms with van der Waals surface area (Å²) in [5, 5.41) is 12.9. The van der Waals surface area contributed by atoms with Crippen LogP contribution in [-0.2, 0) is 0 Å². The number of benzene rings is 1. The third-order valence-electron chi connectivity index (χ3n) is 1.98. The highest BCUT2D eigenvalue weighted by Gasteiger charge is 2.02. The van der Waals surface area contributed by atoms with Gasteiger partial charge in [-0.15, -0.1) is 0 Å². The SMILES string of the molecule is C=c1c(C)ccc(C(Cl)=NO)c1=C. The van der Waals surface area contributed by atoms with Gasteiger partial charge in [0.05, 0.1) is 0 Å². The molecule has 1 N–H and O–H groups in total. The highest BCUT2D eigenvalue weighted by molar-refractivity contribution is 6.69. The number of hydrogen-bond donors (Lipinski definition) is 1. The molecule has 0 unspecified atom stereocenters. The molecule has 0 atom stereocenters. The van der Waals surface area contributed by atoms with Gasteiger partial charge in [-0.2, -0.15) is 0 Å². The van der Waals surface area contributed by atoms with E-state index in [4.69, 9.17) is 16.8 Å². The number of halogens is 1. The summed E-state index contributed by atoms with van der Waals surface area (Å²) in [7, 11) is 0. The second kappa shape index (κ2) is 3.62. The van der Waals surface area contributed by atoms with Crippen molar-refractivity contribution in [2.75, 3.05) is 0 Å². The van der Waals surface area contributed by atoms with Crippen LogP contribution in [0.25, 0.3) is 13.2 Å². The lowest BCUT2D eigenvalue weighted by Gasteiger charge is -2.00. The minimum Gasteiger partial charge on any atom is -0.410 e. The average molecular weight is 196 g/mol. The molecule has 0 spiro atoms. The molecule has 0 fully saturated rings. The molecule has 0 bridgehead atoms. The first-order valence-corrected chi connectivity index (χ1v) is 4.11. The summed E-state index contributed by atoms with van der Waals surface area (Å²) in [4.78, 5) is 0. The summed E-state index contributed by atoms with van der Waals surface area (Å²) in [5.74, 6) is 0. The third-order valence-corrected chi connectivity index (χ3v) is 2.25. The van der Waals surface area contributed by atoms with Gasteiger partial charge in [0.2, 0.25) is 0 Å². The predicted octanol–water partition coefficient (Wildman–Crippen LogP) is 1.19. The van der Waals surface area contributed by atoms with Crippen LogP contribution in [0.5, 0.6) is 0 Å². The monoisotopic (exact) mass is 195 g/mol. The van der Waals surface area contributed by atoms with Crippen LogP contribution >= 0.6 is 11.6 Å². The van der Waals surface area contributed by atoms with Gasteiger partial charge in [-0.3, -0.25) is 0 Å². The van der Waals surface area contributed by atoms with E-state index in [1.165, 1.54) is 0 Å². The van der Waals surface area contributed by atoms with Gasteiger partial charge in [-0.1, -0.05) is 42.0 Å². The van der Waals surface area contributed by atoms with Crippen molar-refractivity contribution in [3.8, 4) is 0 Å². The molecule has 2 nitrogen and oxygen atoms in total. The standard InChI is InChI=1S/C10H10ClNO/c1-6-4-5-9(10(11)12-13)8(3)7(6)2/h4-5,13H,2-3H2,1H3. The Balaban J connectivity index is 3.54. The van der Waals surface area contributed by atoms with Crippen LogP contribution in [0, 0.1) is 6.92 Å². The Morgan fingerprint density at radius 2 is 2.00 bits per heavy atom. The summed E-state index contributed by atoms with van der Waals surface area (Å²) in [5.41, 5.74) is 1.65. The fourth-order valence-electron chi connectivity index (χ4n) is 1.06. The summed E-state index contributed by atoms with van der Waals surface area (Å²) >= 11 is 5.65. The third kappa shape index (κ3) is 1.73. The maximum Gasteiger partial charge on any atom is 0.175 e. The lowest BCUT2D eigenvalue weighted by Crippen LogP contribution is -2.29. The molecule has 1 aromatic rings. The van der Waals surface area contributed by atoms with Crippen LogP contribution in [0.1, 0.15) is 11.1 Å². The minimum absolute atomic E-state index is 0.0369. The highest BCUT2D eigenvalue weighted by atomic mass is 35.5. The van der Waals surface area contributed by atoms with Crippen molar-refractivity contribution in [1.29, 1.82) is 0 Å². The van der Waals surface area contributed by atoms with E-state index in [9.17, 15) is 0 Å². The number of rotatable bonds is 1. The van der Waals surface area contributed by atoms with Gasteiger partial charge in [0.1, 0.15) is 0 Å². The van der Waals surface area contributed by atoms with E-state index in [0.717, 1.165) is 10.8 Å². The Hall–Kier alpha value is -1.28. The molecular weight excluding hydrogens is 186 g/mol. The van der Waals surface area contributed by atoms with Gasteiger partial charge in [-0.05, 0) is 22.9 Å². The zero-order valence-corrected chi connectivity index (χ0v) is 8.10. The van der Waals surface area contributed by atoms with Crippen molar-refractivity contribution in [1.82, 2.24) is 0 Å². The molecule has 0 aliphatic heterocycles. The maximum absolute atomic E-state index is 8.48. The second-order valence-electron chi connectivity index (χ2n) is 2.78. The highest BCUT2D eigenvalue weighted by Crippen LogP contribution is 1.98. The molecule has 0 amide bonds. The van der Waals surface area contributed by atoms with Crippen LogP contribution in [0.15, 0.2) is 17.3 Å². The van der Waals surface area contributed by atoms with Gasteiger partial charge in [-0.25, -0.2) is 0 Å². The Morgan fingerprint density at radius 3 is 2.54 bits per heavy atom. The lowest BCUT2D eigenvalue weighted by atomic mass is 10.1. The van der Waals surface area contributed by atoms with E-state index >= 15 is 0 Å². The molecule has 0 heterocycles. The molecule has 0 aliphatic carbocycles. The first-order valence-electron chi connectivity index (χ1n) is 3.73. The number of oxime groups is 1. The maximum atomic E-state index is 8.48. The molecule has 1 rings (SSSR count). The first-order chi connectivity index (χ1) is 6.07. The largest absolute Gasteiger partial charge is 0.410 e. The summed E-state index contributed by atoms with van der Waals surface area (Å²) in [6.07, 6.45) is 0. The van der Waals surface area contributed by atoms with Gasteiger partial charge in [0.25, 0.3) is 0 Å². The molecule has 0 saturated carbocycles. The molecule has 0 aromatic heterocycles. The van der Waals surface area contributed by atoms with Crippen LogP contribution in [0.2, 0.25) is 0 Å². The van der Waals surface area contributed by atoms with Gasteiger partial charge in [0.15, 0.2) is 5.17 Å². The summed E-state index contributed by atoms with van der Waals surface area (Å²) in [6.45, 7) is 9.59. The van der Waals surface area contributed by atoms with Crippen molar-refractivity contribution in [2.24, 2.45) is 5.16 Å². The summed E-state index contributed by atoms with van der Waals surface area (Å²) in [6, 6.07) is 3.62. The molecule has 3 heteroatoms. The molecular formula is C10H10ClNO. The van der Waals surface area contributed by atoms with Crippen LogP contribution in [-0.4, -0.2) is 10.4 Å². The molecule has 0 aliphatic rings. The van der Waals surface area contributed by atoms with Crippen LogP contribution < -0.4 is 10.4 Å². The van der Waals surface area contributed by atoms with E-state index in [0.29, 0.717) is 10.8 Å². The smallest absolute Gasteiger partial charge is 0.175 e. The van der Waals surface area contributed by atoms with Gasteiger partial charge in [0, 0.05) is 5.56 Å². The zero-order chi connectivity index (χ0) is 10.0. The lowest BCUT2D eigenvalue weighted by molar-refractivity contribution is 0.321. The Morgan fingerprint density at radius 1 is 1.38 bits per heavy atom. The molecule has 0 saturated heterocycles. The van der Waals surface area contributed by atoms with Crippen molar-refractivity contribution in [2.45, 2.75) is 6.92 Å². The van der Waals surface area contributed by atoms with E-state index in [2.05, 4.69) is 18.3 Å². The Kier molecular flexibility index (Phi) is 2.73. The van der Waals surface area contributed by atoms with Crippen LogP contribution in [0.4, 0.5) is 0 Å². The topological polar surface area (TPSA) is 32.6 Å². The number of aryl methyl sites for hydroxylation is 1. The summed E-state index contributed by atoms with van der Waals surface area (Å²) < 4.78 is 0. The Labute approximate surface area is 81.5 Å². The molecule has 13 heavy (non-hydrogen) atoms. The molecule has 68 valence electrons. The van der Waals surface area contributed by atoms with Crippen LogP contribution in [0.3, 0.4) is 0 Å². The van der Waals surface area contributed by atoms with E-state index in [1.54, 1.807) is 6.07 Å². The predicted molar refractivity (Wildman–Crippen MR) is 55.6 cm³/mol. The quantitative estimate of drug-likeness (QED) is 0.408. The number of nitrogens with zero attached hydrogens (tertiary/aromatic N) is 1. The number of hydrogen-bond acceptors (Lipinski definition) is 2. The zero-order valence-electron chi connectivity index (χ0n) is 7.34. The normalized spacial score (nSPS) is 11.7. The van der Waals surface area contributed by atoms with Crippen molar-refractivity contribution in [3.63, 3.8) is 0 Å². The van der Waals surface area contributed by atoms with Gasteiger partial charge >= 0.3 is 0 Å². The fraction of sp³-hybridized carbons (Fsp3) is 0.100. The van der Waals surface area contributed by atoms with E-state index < -0.39 is 0 Å². The van der Waals surface area contributed by atoms with Crippen molar-refractivity contribution >= 4 is 29.9 Å². The fourth-order valence-corrected chi connectivity index (χ4v) is 1.23. The minimum atomic E-state index is 0.0369. The van der Waals surface area contributed by atoms with Crippen molar-refractivity contribution in [3.05, 3.63) is 33.7 Å². The van der Waals surface area contributed by atoms with Gasteiger partial charge < -0.3 is 5.21 Å². The van der Waals surface area contributed by atoms with Crippen molar-refractivity contribution < 1.29 is 5.21 Å². The molecule has 0 radical (unpaired) electrons. The van der Waals surface area contributed by atoms with E-state index in [1.807, 2.05) is 13.0 Å². The average Bonchev–Trinajstić information content (AvgIpc) is 2.13.